The van der Waals surface area contributed by atoms with Crippen molar-refractivity contribution < 1.29 is 27.5 Å². The molecule has 0 aliphatic carbocycles. The second kappa shape index (κ2) is 7.01. The third kappa shape index (κ3) is 5.90. The molecule has 4 N–H and O–H groups in total. The zero-order valence-corrected chi connectivity index (χ0v) is 11.9. The predicted molar refractivity (Wildman–Crippen MR) is 73.1 cm³/mol. The van der Waals surface area contributed by atoms with Gasteiger partial charge in [-0.15, -0.1) is 13.2 Å². The van der Waals surface area contributed by atoms with Crippen LogP contribution in [0.5, 0.6) is 5.75 Å². The Morgan fingerprint density at radius 3 is 2.14 bits per heavy atom. The second-order valence-electron chi connectivity index (χ2n) is 4.79. The van der Waals surface area contributed by atoms with E-state index in [-0.39, 0.29) is 11.6 Å². The zero-order chi connectivity index (χ0) is 16.9. The normalized spacial score (nSPS) is 12.6. The molecule has 22 heavy (non-hydrogen) atoms. The van der Waals surface area contributed by atoms with E-state index >= 15 is 0 Å². The highest BCUT2D eigenvalue weighted by Gasteiger charge is 2.31. The summed E-state index contributed by atoms with van der Waals surface area (Å²) in [6.45, 7) is 3.42. The van der Waals surface area contributed by atoms with Gasteiger partial charge in [0, 0.05) is 5.69 Å². The van der Waals surface area contributed by atoms with Crippen molar-refractivity contribution in [3.63, 3.8) is 0 Å². The molecule has 1 aromatic carbocycles. The molecule has 0 bridgehead atoms. The third-order valence-corrected chi connectivity index (χ3v) is 2.60. The van der Waals surface area contributed by atoms with E-state index in [1.54, 1.807) is 13.8 Å². The first-order valence-electron chi connectivity index (χ1n) is 6.31. The molecular weight excluding hydrogens is 303 g/mol. The van der Waals surface area contributed by atoms with E-state index in [0.717, 1.165) is 12.1 Å². The monoisotopic (exact) mass is 319 g/mol. The fourth-order valence-electron chi connectivity index (χ4n) is 1.65. The number of amides is 3. The van der Waals surface area contributed by atoms with E-state index in [2.05, 4.69) is 15.4 Å². The maximum absolute atomic E-state index is 12.0. The van der Waals surface area contributed by atoms with Crippen LogP contribution in [0.2, 0.25) is 0 Å². The average molecular weight is 319 g/mol. The summed E-state index contributed by atoms with van der Waals surface area (Å²) >= 11 is 0. The van der Waals surface area contributed by atoms with Crippen LogP contribution in [0, 0.1) is 5.92 Å². The standard InChI is InChI=1S/C13H16F3N3O3/c1-7(2)10(19-12(17)21)11(20)18-8-3-5-9(6-4-8)22-13(14,15)16/h3-7,10H,1-2H3,(H,18,20)(H3,17,19,21). The number of carbonyl (C=O) groups excluding carboxylic acids is 2. The van der Waals surface area contributed by atoms with Crippen molar-refractivity contribution in [3.8, 4) is 5.75 Å². The van der Waals surface area contributed by atoms with Crippen molar-refractivity contribution in [2.24, 2.45) is 11.7 Å². The summed E-state index contributed by atoms with van der Waals surface area (Å²) in [6.07, 6.45) is -4.78. The maximum Gasteiger partial charge on any atom is 0.573 e. The Morgan fingerprint density at radius 1 is 1.18 bits per heavy atom. The fourth-order valence-corrected chi connectivity index (χ4v) is 1.65. The predicted octanol–water partition coefficient (Wildman–Crippen LogP) is 2.22. The van der Waals surface area contributed by atoms with Gasteiger partial charge in [-0.25, -0.2) is 4.79 Å². The quantitative estimate of drug-likeness (QED) is 0.777. The first-order chi connectivity index (χ1) is 10.1. The summed E-state index contributed by atoms with van der Waals surface area (Å²) in [7, 11) is 0. The van der Waals surface area contributed by atoms with Gasteiger partial charge in [0.25, 0.3) is 0 Å². The van der Waals surface area contributed by atoms with Gasteiger partial charge in [-0.05, 0) is 30.2 Å². The van der Waals surface area contributed by atoms with Crippen LogP contribution < -0.4 is 21.1 Å². The van der Waals surface area contributed by atoms with Gasteiger partial charge in [-0.3, -0.25) is 4.79 Å². The third-order valence-electron chi connectivity index (χ3n) is 2.60. The molecule has 3 amide bonds. The number of halogens is 3. The van der Waals surface area contributed by atoms with E-state index in [0.29, 0.717) is 0 Å². The summed E-state index contributed by atoms with van der Waals surface area (Å²) in [5.41, 5.74) is 5.25. The number of alkyl halides is 3. The molecular formula is C13H16F3N3O3. The molecule has 122 valence electrons. The Kier molecular flexibility index (Phi) is 5.61. The number of hydrogen-bond acceptors (Lipinski definition) is 3. The summed E-state index contributed by atoms with van der Waals surface area (Å²) in [5.74, 6) is -1.15. The fraction of sp³-hybridized carbons (Fsp3) is 0.385. The molecule has 0 aromatic heterocycles. The van der Waals surface area contributed by atoms with Crippen LogP contribution in [0.25, 0.3) is 0 Å². The Labute approximate surface area is 124 Å². The second-order valence-corrected chi connectivity index (χ2v) is 4.79. The molecule has 0 aliphatic rings. The highest BCUT2D eigenvalue weighted by Crippen LogP contribution is 2.24. The van der Waals surface area contributed by atoms with Crippen molar-refractivity contribution in [2.45, 2.75) is 26.3 Å². The Hall–Kier alpha value is -2.45. The van der Waals surface area contributed by atoms with E-state index in [4.69, 9.17) is 5.73 Å². The number of nitrogens with one attached hydrogen (secondary N) is 2. The number of carbonyl (C=O) groups is 2. The molecule has 6 nitrogen and oxygen atoms in total. The molecule has 0 fully saturated rings. The Bertz CT molecular complexity index is 530. The van der Waals surface area contributed by atoms with Gasteiger partial charge in [0.1, 0.15) is 11.8 Å². The van der Waals surface area contributed by atoms with Crippen molar-refractivity contribution in [2.75, 3.05) is 5.32 Å². The van der Waals surface area contributed by atoms with E-state index in [1.165, 1.54) is 12.1 Å². The van der Waals surface area contributed by atoms with E-state index in [9.17, 15) is 22.8 Å². The first-order valence-corrected chi connectivity index (χ1v) is 6.31. The van der Waals surface area contributed by atoms with Crippen molar-refractivity contribution in [1.82, 2.24) is 5.32 Å². The highest BCUT2D eigenvalue weighted by molar-refractivity contribution is 5.97. The lowest BCUT2D eigenvalue weighted by Crippen LogP contribution is -2.49. The smallest absolute Gasteiger partial charge is 0.406 e. The van der Waals surface area contributed by atoms with Crippen LogP contribution in [-0.4, -0.2) is 24.3 Å². The first kappa shape index (κ1) is 17.6. The SMILES string of the molecule is CC(C)C(NC(N)=O)C(=O)Nc1ccc(OC(F)(F)F)cc1. The average Bonchev–Trinajstić information content (AvgIpc) is 2.36. The van der Waals surface area contributed by atoms with E-state index in [1.807, 2.05) is 0 Å². The lowest BCUT2D eigenvalue weighted by atomic mass is 10.0. The van der Waals surface area contributed by atoms with E-state index < -0.39 is 30.1 Å². The van der Waals surface area contributed by atoms with Gasteiger partial charge in [0.15, 0.2) is 0 Å². The number of anilines is 1. The number of rotatable bonds is 5. The molecule has 0 spiro atoms. The molecule has 9 heteroatoms. The van der Waals surface area contributed by atoms with Gasteiger partial charge < -0.3 is 21.1 Å². The molecule has 0 saturated carbocycles. The molecule has 0 saturated heterocycles. The van der Waals surface area contributed by atoms with Crippen LogP contribution in [0.3, 0.4) is 0 Å². The lowest BCUT2D eigenvalue weighted by molar-refractivity contribution is -0.274. The van der Waals surface area contributed by atoms with Gasteiger partial charge in [0.05, 0.1) is 0 Å². The van der Waals surface area contributed by atoms with Gasteiger partial charge in [0.2, 0.25) is 5.91 Å². The maximum atomic E-state index is 12.0. The Balaban J connectivity index is 2.73. The number of ether oxygens (including phenoxy) is 1. The Morgan fingerprint density at radius 2 is 1.73 bits per heavy atom. The van der Waals surface area contributed by atoms with Gasteiger partial charge in [-0.2, -0.15) is 0 Å². The van der Waals surface area contributed by atoms with Gasteiger partial charge >= 0.3 is 12.4 Å². The van der Waals surface area contributed by atoms with Gasteiger partial charge in [-0.1, -0.05) is 13.8 Å². The number of nitrogens with two attached hydrogens (primary N) is 1. The largest absolute Gasteiger partial charge is 0.573 e. The molecule has 0 heterocycles. The molecule has 1 rings (SSSR count). The minimum atomic E-state index is -4.78. The number of hydrogen-bond donors (Lipinski definition) is 3. The van der Waals surface area contributed by atoms with Crippen LogP contribution in [0.4, 0.5) is 23.7 Å². The molecule has 1 aromatic rings. The number of primary amides is 1. The summed E-state index contributed by atoms with van der Waals surface area (Å²) in [4.78, 5) is 22.9. The minimum absolute atomic E-state index is 0.222. The van der Waals surface area contributed by atoms with Crippen LogP contribution >= 0.6 is 0 Å². The summed E-state index contributed by atoms with van der Waals surface area (Å²) in [6, 6.07) is 2.93. The van der Waals surface area contributed by atoms with Crippen LogP contribution in [0.1, 0.15) is 13.8 Å². The van der Waals surface area contributed by atoms with Crippen LogP contribution in [0.15, 0.2) is 24.3 Å². The number of benzene rings is 1. The van der Waals surface area contributed by atoms with Crippen molar-refractivity contribution in [3.05, 3.63) is 24.3 Å². The molecule has 1 unspecified atom stereocenters. The molecule has 0 aliphatic heterocycles. The zero-order valence-electron chi connectivity index (χ0n) is 11.9. The topological polar surface area (TPSA) is 93.5 Å². The summed E-state index contributed by atoms with van der Waals surface area (Å²) in [5, 5.41) is 4.77. The van der Waals surface area contributed by atoms with Crippen molar-refractivity contribution >= 4 is 17.6 Å². The lowest BCUT2D eigenvalue weighted by Gasteiger charge is -2.20. The van der Waals surface area contributed by atoms with Crippen molar-refractivity contribution in [1.29, 1.82) is 0 Å². The molecule has 0 radical (unpaired) electrons. The van der Waals surface area contributed by atoms with Crippen LogP contribution in [-0.2, 0) is 4.79 Å². The minimum Gasteiger partial charge on any atom is -0.406 e. The highest BCUT2D eigenvalue weighted by atomic mass is 19.4. The summed E-state index contributed by atoms with van der Waals surface area (Å²) < 4.78 is 39.8. The number of urea groups is 1. The molecule has 1 atom stereocenters.